The normalized spacial score (nSPS) is 11.7. The third kappa shape index (κ3) is 4.22. The minimum Gasteiger partial charge on any atom is -0.493 e. The summed E-state index contributed by atoms with van der Waals surface area (Å²) in [5.41, 5.74) is 1.99. The molecule has 1 aromatic carbocycles. The van der Waals surface area contributed by atoms with E-state index >= 15 is 0 Å². The van der Waals surface area contributed by atoms with Crippen LogP contribution < -0.4 is 10.1 Å². The number of nitrogens with one attached hydrogen (secondary N) is 1. The molecule has 0 radical (unpaired) electrons. The average molecular weight is 407 g/mol. The van der Waals surface area contributed by atoms with Crippen molar-refractivity contribution in [2.45, 2.75) is 13.8 Å². The van der Waals surface area contributed by atoms with Gasteiger partial charge in [0.15, 0.2) is 18.1 Å². The van der Waals surface area contributed by atoms with Gasteiger partial charge in [-0.2, -0.15) is 0 Å². The zero-order valence-electron chi connectivity index (χ0n) is 16.8. The van der Waals surface area contributed by atoms with Gasteiger partial charge in [0.25, 0.3) is 5.91 Å². The highest BCUT2D eigenvalue weighted by Gasteiger charge is 2.20. The molecular formula is C22H22FN5O2. The van der Waals surface area contributed by atoms with Gasteiger partial charge in [0.2, 0.25) is 0 Å². The summed E-state index contributed by atoms with van der Waals surface area (Å²) >= 11 is 0. The van der Waals surface area contributed by atoms with Crippen molar-refractivity contribution < 1.29 is 13.9 Å². The van der Waals surface area contributed by atoms with Gasteiger partial charge in [-0.25, -0.2) is 9.37 Å². The predicted molar refractivity (Wildman–Crippen MR) is 112 cm³/mol. The number of halogens is 1. The van der Waals surface area contributed by atoms with Gasteiger partial charge < -0.3 is 10.1 Å². The number of nitrogens with zero attached hydrogens (tertiary/aromatic N) is 4. The number of amides is 1. The molecule has 3 heterocycles. The van der Waals surface area contributed by atoms with Crippen molar-refractivity contribution in [3.05, 3.63) is 54.7 Å². The van der Waals surface area contributed by atoms with Crippen molar-refractivity contribution >= 4 is 22.5 Å². The van der Waals surface area contributed by atoms with E-state index in [9.17, 15) is 9.18 Å². The molecule has 4 aromatic rings. The first-order valence-corrected chi connectivity index (χ1v) is 9.62. The van der Waals surface area contributed by atoms with Gasteiger partial charge in [0, 0.05) is 23.5 Å². The number of aromatic nitrogens is 4. The van der Waals surface area contributed by atoms with Crippen LogP contribution in [0.25, 0.3) is 28.1 Å². The molecule has 0 fully saturated rings. The van der Waals surface area contributed by atoms with Crippen LogP contribution in [-0.4, -0.2) is 45.3 Å². The zero-order valence-corrected chi connectivity index (χ0v) is 16.8. The average Bonchev–Trinajstić information content (AvgIpc) is 3.20. The predicted octanol–water partition coefficient (Wildman–Crippen LogP) is 3.44. The molecule has 0 saturated heterocycles. The molecule has 0 bridgehead atoms. The Balaban J connectivity index is 1.50. The minimum atomic E-state index is -1.01. The fourth-order valence-electron chi connectivity index (χ4n) is 3.05. The summed E-state index contributed by atoms with van der Waals surface area (Å²) in [6.45, 7) is 3.59. The van der Waals surface area contributed by atoms with Crippen LogP contribution in [0.1, 0.15) is 13.8 Å². The highest BCUT2D eigenvalue weighted by Crippen LogP contribution is 2.25. The van der Waals surface area contributed by atoms with Crippen molar-refractivity contribution in [2.24, 2.45) is 5.41 Å². The van der Waals surface area contributed by atoms with Crippen LogP contribution in [0.15, 0.2) is 54.7 Å². The van der Waals surface area contributed by atoms with Gasteiger partial charge in [-0.15, -0.1) is 10.2 Å². The van der Waals surface area contributed by atoms with Crippen LogP contribution in [0, 0.1) is 5.41 Å². The van der Waals surface area contributed by atoms with Crippen LogP contribution in [0.2, 0.25) is 0 Å². The topological polar surface area (TPSA) is 81.4 Å². The number of hydrogen-bond acceptors (Lipinski definition) is 5. The van der Waals surface area contributed by atoms with Crippen LogP contribution in [-0.2, 0) is 4.79 Å². The number of benzene rings is 1. The second-order valence-corrected chi connectivity index (χ2v) is 7.87. The van der Waals surface area contributed by atoms with Crippen LogP contribution in [0.4, 0.5) is 4.39 Å². The number of ether oxygens (including phenoxy) is 1. The number of fused-ring (bicyclic) bond motifs is 2. The SMILES string of the molecule is CC(C)(CNC(=O)CF)COc1ccc2nc(-c3nnc4ccccn34)ccc2c1. The lowest BCUT2D eigenvalue weighted by Gasteiger charge is -2.25. The van der Waals surface area contributed by atoms with Crippen molar-refractivity contribution in [1.29, 1.82) is 0 Å². The van der Waals surface area contributed by atoms with Crippen molar-refractivity contribution in [2.75, 3.05) is 19.8 Å². The molecule has 0 aliphatic rings. The van der Waals surface area contributed by atoms with Gasteiger partial charge in [-0.05, 0) is 36.4 Å². The molecule has 1 amide bonds. The summed E-state index contributed by atoms with van der Waals surface area (Å²) in [7, 11) is 0. The Hall–Kier alpha value is -3.55. The largest absolute Gasteiger partial charge is 0.493 e. The quantitative estimate of drug-likeness (QED) is 0.508. The first-order chi connectivity index (χ1) is 14.4. The molecule has 0 unspecified atom stereocenters. The second-order valence-electron chi connectivity index (χ2n) is 7.87. The molecule has 8 heteroatoms. The maximum Gasteiger partial charge on any atom is 0.251 e. The molecule has 4 rings (SSSR count). The number of carbonyl (C=O) groups excluding carboxylic acids is 1. The Kier molecular flexibility index (Phi) is 5.31. The van der Waals surface area contributed by atoms with E-state index in [2.05, 4.69) is 15.5 Å². The van der Waals surface area contributed by atoms with E-state index < -0.39 is 12.6 Å². The van der Waals surface area contributed by atoms with Crippen LogP contribution in [0.5, 0.6) is 5.75 Å². The van der Waals surface area contributed by atoms with Crippen LogP contribution in [0.3, 0.4) is 0 Å². The maximum absolute atomic E-state index is 12.3. The van der Waals surface area contributed by atoms with Crippen LogP contribution >= 0.6 is 0 Å². The number of hydrogen-bond donors (Lipinski definition) is 1. The highest BCUT2D eigenvalue weighted by atomic mass is 19.1. The molecule has 7 nitrogen and oxygen atoms in total. The smallest absolute Gasteiger partial charge is 0.251 e. The van der Waals surface area contributed by atoms with Gasteiger partial charge in [-0.3, -0.25) is 9.20 Å². The van der Waals surface area contributed by atoms with Crippen molar-refractivity contribution in [3.63, 3.8) is 0 Å². The third-order valence-electron chi connectivity index (χ3n) is 4.72. The van der Waals surface area contributed by atoms with E-state index in [1.165, 1.54) is 0 Å². The van der Waals surface area contributed by atoms with Crippen molar-refractivity contribution in [1.82, 2.24) is 24.9 Å². The van der Waals surface area contributed by atoms with Gasteiger partial charge in [0.05, 0.1) is 12.1 Å². The van der Waals surface area contributed by atoms with E-state index in [0.717, 1.165) is 22.2 Å². The summed E-state index contributed by atoms with van der Waals surface area (Å²) in [6, 6.07) is 15.3. The standard InChI is InChI=1S/C22H22FN5O2/c1-22(2,13-24-20(29)12-23)14-30-16-7-9-17-15(11-16)6-8-18(25-17)21-27-26-19-5-3-4-10-28(19)21/h3-11H,12-14H2,1-2H3,(H,24,29). The van der Waals surface area contributed by atoms with Gasteiger partial charge >= 0.3 is 0 Å². The Morgan fingerprint density at radius 2 is 2.03 bits per heavy atom. The van der Waals surface area contributed by atoms with Crippen molar-refractivity contribution in [3.8, 4) is 17.3 Å². The molecule has 0 aliphatic heterocycles. The Bertz CT molecular complexity index is 1200. The Morgan fingerprint density at radius 1 is 1.17 bits per heavy atom. The lowest BCUT2D eigenvalue weighted by molar-refractivity contribution is -0.122. The maximum atomic E-state index is 12.3. The fraction of sp³-hybridized carbons (Fsp3) is 0.273. The fourth-order valence-corrected chi connectivity index (χ4v) is 3.05. The first-order valence-electron chi connectivity index (χ1n) is 9.62. The monoisotopic (exact) mass is 407 g/mol. The number of pyridine rings is 2. The summed E-state index contributed by atoms with van der Waals surface area (Å²) in [5, 5.41) is 11.9. The van der Waals surface area contributed by atoms with Gasteiger partial charge in [0.1, 0.15) is 11.4 Å². The molecular weight excluding hydrogens is 385 g/mol. The van der Waals surface area contributed by atoms with E-state index in [0.29, 0.717) is 24.7 Å². The molecule has 30 heavy (non-hydrogen) atoms. The van der Waals surface area contributed by atoms with E-state index in [1.807, 2.05) is 73.0 Å². The number of alkyl halides is 1. The minimum absolute atomic E-state index is 0.334. The lowest BCUT2D eigenvalue weighted by atomic mass is 9.95. The molecule has 1 N–H and O–H groups in total. The van der Waals surface area contributed by atoms with E-state index in [4.69, 9.17) is 9.72 Å². The molecule has 0 spiro atoms. The number of rotatable bonds is 7. The first kappa shape index (κ1) is 19.8. The zero-order chi connectivity index (χ0) is 21.1. The summed E-state index contributed by atoms with van der Waals surface area (Å²) < 4.78 is 20.1. The highest BCUT2D eigenvalue weighted by molar-refractivity contribution is 5.82. The molecule has 0 saturated carbocycles. The summed E-state index contributed by atoms with van der Waals surface area (Å²) in [6.07, 6.45) is 1.91. The molecule has 3 aromatic heterocycles. The van der Waals surface area contributed by atoms with Gasteiger partial charge in [-0.1, -0.05) is 26.0 Å². The Labute approximate surface area is 172 Å². The summed E-state index contributed by atoms with van der Waals surface area (Å²) in [5.74, 6) is 0.774. The number of carbonyl (C=O) groups is 1. The third-order valence-corrected chi connectivity index (χ3v) is 4.72. The second kappa shape index (κ2) is 8.06. The lowest BCUT2D eigenvalue weighted by Crippen LogP contribution is -2.38. The molecule has 154 valence electrons. The van der Waals surface area contributed by atoms with E-state index in [1.54, 1.807) is 0 Å². The summed E-state index contributed by atoms with van der Waals surface area (Å²) in [4.78, 5) is 15.8. The van der Waals surface area contributed by atoms with E-state index in [-0.39, 0.29) is 5.41 Å². The Morgan fingerprint density at radius 3 is 2.87 bits per heavy atom. The molecule has 0 atom stereocenters. The molecule has 0 aliphatic carbocycles.